The van der Waals surface area contributed by atoms with Gasteiger partial charge in [-0.05, 0) is 26.7 Å². The van der Waals surface area contributed by atoms with Gasteiger partial charge in [0, 0.05) is 13.1 Å². The predicted molar refractivity (Wildman–Crippen MR) is 61.8 cm³/mol. The molecule has 0 unspecified atom stereocenters. The monoisotopic (exact) mass is 263 g/mol. The van der Waals surface area contributed by atoms with Crippen LogP contribution >= 0.6 is 11.6 Å². The summed E-state index contributed by atoms with van der Waals surface area (Å²) >= 11 is 5.94. The van der Waals surface area contributed by atoms with Gasteiger partial charge < -0.3 is 0 Å². The maximum absolute atomic E-state index is 12.2. The third-order valence-corrected chi connectivity index (χ3v) is 5.13. The fraction of sp³-hybridized carbons (Fsp3) is 0.667. The van der Waals surface area contributed by atoms with Crippen LogP contribution in [0.2, 0.25) is 5.02 Å². The number of rotatable bonds is 2. The molecule has 0 aromatic carbocycles. The van der Waals surface area contributed by atoms with E-state index in [4.69, 9.17) is 11.6 Å². The van der Waals surface area contributed by atoms with Crippen LogP contribution in [-0.2, 0) is 10.2 Å². The molecule has 0 amide bonds. The zero-order chi connectivity index (χ0) is 11.9. The molecule has 90 valence electrons. The molecule has 2 rings (SSSR count). The summed E-state index contributed by atoms with van der Waals surface area (Å²) in [7, 11) is -3.52. The van der Waals surface area contributed by atoms with E-state index in [1.54, 1.807) is 13.8 Å². The molecule has 1 aromatic rings. The highest BCUT2D eigenvalue weighted by atomic mass is 35.5. The molecule has 16 heavy (non-hydrogen) atoms. The fourth-order valence-corrected chi connectivity index (χ4v) is 3.62. The first-order valence-corrected chi connectivity index (χ1v) is 6.94. The van der Waals surface area contributed by atoms with Gasteiger partial charge in [-0.1, -0.05) is 11.6 Å². The minimum atomic E-state index is -3.52. The second-order valence-electron chi connectivity index (χ2n) is 3.94. The molecule has 0 saturated carbocycles. The van der Waals surface area contributed by atoms with Gasteiger partial charge in [0.25, 0.3) is 0 Å². The Bertz CT molecular complexity index is 503. The second kappa shape index (κ2) is 4.01. The zero-order valence-corrected chi connectivity index (χ0v) is 10.8. The Morgan fingerprint density at radius 1 is 1.25 bits per heavy atom. The third-order valence-electron chi connectivity index (χ3n) is 2.77. The van der Waals surface area contributed by atoms with E-state index in [1.165, 1.54) is 4.31 Å². The molecule has 1 saturated heterocycles. The number of halogens is 1. The highest BCUT2D eigenvalue weighted by Gasteiger charge is 2.30. The lowest BCUT2D eigenvalue weighted by molar-refractivity contribution is 0.462. The Balaban J connectivity index is 2.46. The molecule has 2 heterocycles. The van der Waals surface area contributed by atoms with Crippen molar-refractivity contribution in [2.75, 3.05) is 13.1 Å². The van der Waals surface area contributed by atoms with Gasteiger partial charge in [0.1, 0.15) is 0 Å². The topological polar surface area (TPSA) is 55.2 Å². The molecule has 1 aliphatic rings. The fourth-order valence-electron chi connectivity index (χ4n) is 1.85. The van der Waals surface area contributed by atoms with Crippen molar-refractivity contribution in [1.82, 2.24) is 13.5 Å². The minimum Gasteiger partial charge on any atom is -0.187 e. The number of aromatic nitrogens is 2. The quantitative estimate of drug-likeness (QED) is 0.809. The summed E-state index contributed by atoms with van der Waals surface area (Å²) in [6.07, 6.45) is 1.82. The van der Waals surface area contributed by atoms with Crippen LogP contribution in [0.5, 0.6) is 0 Å². The number of hydrogen-bond donors (Lipinski definition) is 0. The Kier molecular flexibility index (Phi) is 2.98. The average molecular weight is 264 g/mol. The van der Waals surface area contributed by atoms with Crippen molar-refractivity contribution in [3.63, 3.8) is 0 Å². The van der Waals surface area contributed by atoms with E-state index in [9.17, 15) is 8.42 Å². The highest BCUT2D eigenvalue weighted by molar-refractivity contribution is 7.87. The van der Waals surface area contributed by atoms with E-state index in [2.05, 4.69) is 5.10 Å². The Labute approximate surface area is 100 Å². The van der Waals surface area contributed by atoms with Crippen LogP contribution in [0, 0.1) is 13.8 Å². The van der Waals surface area contributed by atoms with Crippen molar-refractivity contribution < 1.29 is 8.42 Å². The van der Waals surface area contributed by atoms with Gasteiger partial charge in [-0.3, -0.25) is 0 Å². The first-order chi connectivity index (χ1) is 7.44. The molecule has 0 bridgehead atoms. The molecule has 7 heteroatoms. The molecular formula is C9H14ClN3O2S. The molecule has 0 aliphatic carbocycles. The number of aryl methyl sites for hydroxylation is 1. The molecule has 0 atom stereocenters. The van der Waals surface area contributed by atoms with Gasteiger partial charge in [-0.2, -0.15) is 17.8 Å². The Hall–Kier alpha value is -0.590. The zero-order valence-electron chi connectivity index (χ0n) is 9.27. The van der Waals surface area contributed by atoms with Crippen LogP contribution in [-0.4, -0.2) is 35.0 Å². The van der Waals surface area contributed by atoms with E-state index in [-0.39, 0.29) is 0 Å². The van der Waals surface area contributed by atoms with Crippen molar-refractivity contribution in [1.29, 1.82) is 0 Å². The smallest absolute Gasteiger partial charge is 0.187 e. The normalized spacial score (nSPS) is 18.2. The molecule has 1 fully saturated rings. The van der Waals surface area contributed by atoms with Crippen molar-refractivity contribution in [3.8, 4) is 0 Å². The van der Waals surface area contributed by atoms with E-state index >= 15 is 0 Å². The van der Waals surface area contributed by atoms with Crippen LogP contribution in [0.3, 0.4) is 0 Å². The van der Waals surface area contributed by atoms with Gasteiger partial charge in [0.15, 0.2) is 0 Å². The predicted octanol–water partition coefficient (Wildman–Crippen LogP) is 1.34. The van der Waals surface area contributed by atoms with Crippen molar-refractivity contribution in [2.45, 2.75) is 26.7 Å². The van der Waals surface area contributed by atoms with Gasteiger partial charge in [-0.15, -0.1) is 4.09 Å². The molecule has 1 aromatic heterocycles. The molecule has 0 spiro atoms. The summed E-state index contributed by atoms with van der Waals surface area (Å²) < 4.78 is 26.9. The molecule has 0 radical (unpaired) electrons. The maximum Gasteiger partial charge on any atom is 0.323 e. The molecule has 1 aliphatic heterocycles. The second-order valence-corrected chi connectivity index (χ2v) is 6.08. The van der Waals surface area contributed by atoms with E-state index in [1.807, 2.05) is 0 Å². The van der Waals surface area contributed by atoms with Crippen LogP contribution in [0.25, 0.3) is 0 Å². The minimum absolute atomic E-state index is 0.419. The van der Waals surface area contributed by atoms with Gasteiger partial charge >= 0.3 is 10.2 Å². The van der Waals surface area contributed by atoms with Crippen molar-refractivity contribution in [3.05, 3.63) is 16.4 Å². The van der Waals surface area contributed by atoms with Crippen LogP contribution in [0.4, 0.5) is 0 Å². The maximum atomic E-state index is 12.2. The Morgan fingerprint density at radius 3 is 2.25 bits per heavy atom. The van der Waals surface area contributed by atoms with Gasteiger partial charge in [-0.25, -0.2) is 0 Å². The number of hydrogen-bond acceptors (Lipinski definition) is 3. The molecular weight excluding hydrogens is 250 g/mol. The summed E-state index contributed by atoms with van der Waals surface area (Å²) in [5.74, 6) is 0. The third kappa shape index (κ3) is 1.74. The summed E-state index contributed by atoms with van der Waals surface area (Å²) in [6.45, 7) is 4.50. The summed E-state index contributed by atoms with van der Waals surface area (Å²) in [5, 5.41) is 4.40. The highest BCUT2D eigenvalue weighted by Crippen LogP contribution is 2.23. The largest absolute Gasteiger partial charge is 0.323 e. The first-order valence-electron chi connectivity index (χ1n) is 5.17. The lowest BCUT2D eigenvalue weighted by atomic mass is 10.4. The van der Waals surface area contributed by atoms with Crippen molar-refractivity contribution >= 4 is 21.8 Å². The van der Waals surface area contributed by atoms with Crippen LogP contribution < -0.4 is 0 Å². The van der Waals surface area contributed by atoms with Crippen LogP contribution in [0.15, 0.2) is 0 Å². The standard InChI is InChI=1S/C9H14ClN3O2S/c1-7-9(10)8(2)13(11-7)16(14,15)12-5-3-4-6-12/h3-6H2,1-2H3. The lowest BCUT2D eigenvalue weighted by Gasteiger charge is -2.15. The summed E-state index contributed by atoms with van der Waals surface area (Å²) in [6, 6.07) is 0. The summed E-state index contributed by atoms with van der Waals surface area (Å²) in [5.41, 5.74) is 1.02. The van der Waals surface area contributed by atoms with Crippen LogP contribution in [0.1, 0.15) is 24.2 Å². The SMILES string of the molecule is Cc1nn(S(=O)(=O)N2CCCC2)c(C)c1Cl. The molecule has 0 N–H and O–H groups in total. The average Bonchev–Trinajstić information content (AvgIpc) is 2.83. The Morgan fingerprint density at radius 2 is 1.81 bits per heavy atom. The van der Waals surface area contributed by atoms with Gasteiger partial charge in [0.2, 0.25) is 0 Å². The molecule has 5 nitrogen and oxygen atoms in total. The summed E-state index contributed by atoms with van der Waals surface area (Å²) in [4.78, 5) is 0. The van der Waals surface area contributed by atoms with E-state index in [0.29, 0.717) is 29.5 Å². The van der Waals surface area contributed by atoms with Gasteiger partial charge in [0.05, 0.1) is 16.4 Å². The van der Waals surface area contributed by atoms with Crippen molar-refractivity contribution in [2.24, 2.45) is 0 Å². The van der Waals surface area contributed by atoms with E-state index < -0.39 is 10.2 Å². The first kappa shape index (κ1) is 11.9. The number of nitrogens with zero attached hydrogens (tertiary/aromatic N) is 3. The van der Waals surface area contributed by atoms with E-state index in [0.717, 1.165) is 16.9 Å². The lowest BCUT2D eigenvalue weighted by Crippen LogP contribution is -2.34.